The maximum atomic E-state index is 12.3. The summed E-state index contributed by atoms with van der Waals surface area (Å²) in [6.07, 6.45) is 5.16. The molecule has 1 fully saturated rings. The number of rotatable bonds is 9. The van der Waals surface area contributed by atoms with Crippen LogP contribution < -0.4 is 9.47 Å². The zero-order chi connectivity index (χ0) is 19.9. The van der Waals surface area contributed by atoms with Crippen molar-refractivity contribution in [3.05, 3.63) is 23.8 Å². The van der Waals surface area contributed by atoms with Gasteiger partial charge in [-0.1, -0.05) is 6.07 Å². The molecular weight excluding hydrogens is 368 g/mol. The fraction of sp³-hybridized carbons (Fsp3) is 0.632. The molecule has 0 bridgehead atoms. The Labute approximate surface area is 162 Å². The molecule has 2 rings (SSSR count). The summed E-state index contributed by atoms with van der Waals surface area (Å²) in [7, 11) is -0.245. The molecular formula is C19H30N2O5S. The number of carbonyl (C=O) groups excluding carboxylic acids is 1. The molecule has 7 nitrogen and oxygen atoms in total. The lowest BCUT2D eigenvalue weighted by molar-refractivity contribution is -0.132. The Morgan fingerprint density at radius 2 is 1.74 bits per heavy atom. The SMILES string of the molecule is COc1ccc(CCN(CCC(=O)N2CCCCC2)S(C)(=O)=O)cc1OC. The second-order valence-electron chi connectivity index (χ2n) is 6.79. The van der Waals surface area contributed by atoms with Gasteiger partial charge in [-0.2, -0.15) is 0 Å². The lowest BCUT2D eigenvalue weighted by atomic mass is 10.1. The first-order chi connectivity index (χ1) is 12.8. The van der Waals surface area contributed by atoms with Crippen LogP contribution in [-0.4, -0.2) is 70.2 Å². The van der Waals surface area contributed by atoms with Gasteiger partial charge in [0, 0.05) is 32.6 Å². The number of carbonyl (C=O) groups is 1. The van der Waals surface area contributed by atoms with E-state index in [-0.39, 0.29) is 18.9 Å². The van der Waals surface area contributed by atoms with Crippen LogP contribution in [0.3, 0.4) is 0 Å². The third-order valence-electron chi connectivity index (χ3n) is 4.85. The first-order valence-electron chi connectivity index (χ1n) is 9.29. The van der Waals surface area contributed by atoms with Crippen molar-refractivity contribution in [1.29, 1.82) is 0 Å². The van der Waals surface area contributed by atoms with Crippen molar-refractivity contribution < 1.29 is 22.7 Å². The summed E-state index contributed by atoms with van der Waals surface area (Å²) < 4.78 is 36.1. The molecule has 1 aliphatic heterocycles. The van der Waals surface area contributed by atoms with E-state index in [0.717, 1.165) is 37.9 Å². The van der Waals surface area contributed by atoms with Gasteiger partial charge in [0.1, 0.15) is 0 Å². The number of hydrogen-bond acceptors (Lipinski definition) is 5. The molecule has 0 aromatic heterocycles. The van der Waals surface area contributed by atoms with Crippen molar-refractivity contribution in [1.82, 2.24) is 9.21 Å². The fourth-order valence-electron chi connectivity index (χ4n) is 3.26. The summed E-state index contributed by atoms with van der Waals surface area (Å²) in [6.45, 7) is 2.09. The summed E-state index contributed by atoms with van der Waals surface area (Å²) in [6, 6.07) is 5.54. The number of piperidine rings is 1. The molecule has 152 valence electrons. The molecule has 0 N–H and O–H groups in total. The largest absolute Gasteiger partial charge is 0.493 e. The Morgan fingerprint density at radius 1 is 1.07 bits per heavy atom. The highest BCUT2D eigenvalue weighted by Gasteiger charge is 2.21. The van der Waals surface area contributed by atoms with Crippen LogP contribution >= 0.6 is 0 Å². The highest BCUT2D eigenvalue weighted by atomic mass is 32.2. The predicted molar refractivity (Wildman–Crippen MR) is 105 cm³/mol. The van der Waals surface area contributed by atoms with Crippen LogP contribution in [0.15, 0.2) is 18.2 Å². The van der Waals surface area contributed by atoms with Crippen LogP contribution in [0.4, 0.5) is 0 Å². The number of hydrogen-bond donors (Lipinski definition) is 0. The lowest BCUT2D eigenvalue weighted by Crippen LogP contribution is -2.39. The standard InChI is InChI=1S/C19H30N2O5S/c1-25-17-8-7-16(15-18(17)26-2)9-13-21(27(3,23)24)14-10-19(22)20-11-5-4-6-12-20/h7-8,15H,4-6,9-14H2,1-3H3. The maximum Gasteiger partial charge on any atom is 0.223 e. The number of amides is 1. The van der Waals surface area contributed by atoms with E-state index in [0.29, 0.717) is 24.5 Å². The summed E-state index contributed by atoms with van der Waals surface area (Å²) in [4.78, 5) is 14.2. The summed E-state index contributed by atoms with van der Waals surface area (Å²) in [5.41, 5.74) is 0.948. The maximum absolute atomic E-state index is 12.3. The smallest absolute Gasteiger partial charge is 0.223 e. The highest BCUT2D eigenvalue weighted by Crippen LogP contribution is 2.27. The third-order valence-corrected chi connectivity index (χ3v) is 6.15. The molecule has 1 aromatic carbocycles. The Balaban J connectivity index is 1.95. The number of nitrogens with zero attached hydrogens (tertiary/aromatic N) is 2. The van der Waals surface area contributed by atoms with Crippen molar-refractivity contribution in [2.45, 2.75) is 32.1 Å². The molecule has 0 radical (unpaired) electrons. The molecule has 1 aliphatic rings. The van der Waals surface area contributed by atoms with E-state index in [2.05, 4.69) is 0 Å². The normalized spacial score (nSPS) is 15.0. The number of likely N-dealkylation sites (tertiary alicyclic amines) is 1. The summed E-state index contributed by atoms with van der Waals surface area (Å²) in [5, 5.41) is 0. The van der Waals surface area contributed by atoms with Crippen LogP contribution in [0.25, 0.3) is 0 Å². The zero-order valence-electron chi connectivity index (χ0n) is 16.4. The first-order valence-corrected chi connectivity index (χ1v) is 11.1. The second-order valence-corrected chi connectivity index (χ2v) is 8.78. The van der Waals surface area contributed by atoms with Crippen molar-refractivity contribution in [2.24, 2.45) is 0 Å². The van der Waals surface area contributed by atoms with E-state index in [1.165, 1.54) is 10.6 Å². The molecule has 27 heavy (non-hydrogen) atoms. The summed E-state index contributed by atoms with van der Waals surface area (Å²) in [5.74, 6) is 1.28. The van der Waals surface area contributed by atoms with Gasteiger partial charge >= 0.3 is 0 Å². The number of methoxy groups -OCH3 is 2. The summed E-state index contributed by atoms with van der Waals surface area (Å²) >= 11 is 0. The van der Waals surface area contributed by atoms with E-state index in [9.17, 15) is 13.2 Å². The average molecular weight is 399 g/mol. The van der Waals surface area contributed by atoms with Crippen LogP contribution in [-0.2, 0) is 21.2 Å². The minimum absolute atomic E-state index is 0.0365. The molecule has 1 amide bonds. The minimum Gasteiger partial charge on any atom is -0.493 e. The van der Waals surface area contributed by atoms with Gasteiger partial charge in [-0.3, -0.25) is 4.79 Å². The molecule has 8 heteroatoms. The molecule has 0 spiro atoms. The second kappa shape index (κ2) is 9.94. The predicted octanol–water partition coefficient (Wildman–Crippen LogP) is 1.91. The van der Waals surface area contributed by atoms with Gasteiger partial charge in [-0.05, 0) is 43.4 Å². The van der Waals surface area contributed by atoms with E-state index in [4.69, 9.17) is 9.47 Å². The molecule has 0 aliphatic carbocycles. The Morgan fingerprint density at radius 3 is 2.33 bits per heavy atom. The van der Waals surface area contributed by atoms with Gasteiger partial charge in [0.15, 0.2) is 11.5 Å². The van der Waals surface area contributed by atoms with Crippen molar-refractivity contribution >= 4 is 15.9 Å². The fourth-order valence-corrected chi connectivity index (χ4v) is 4.10. The highest BCUT2D eigenvalue weighted by molar-refractivity contribution is 7.88. The quantitative estimate of drug-likeness (QED) is 0.635. The molecule has 1 aromatic rings. The van der Waals surface area contributed by atoms with Gasteiger partial charge in [0.05, 0.1) is 20.5 Å². The van der Waals surface area contributed by atoms with Gasteiger partial charge in [-0.15, -0.1) is 0 Å². The Hall–Kier alpha value is -1.80. The molecule has 1 heterocycles. The van der Waals surface area contributed by atoms with Gasteiger partial charge in [-0.25, -0.2) is 12.7 Å². The van der Waals surface area contributed by atoms with E-state index in [1.54, 1.807) is 20.3 Å². The average Bonchev–Trinajstić information content (AvgIpc) is 2.67. The van der Waals surface area contributed by atoms with Crippen LogP contribution in [0.5, 0.6) is 11.5 Å². The Bertz CT molecular complexity index is 730. The third kappa shape index (κ3) is 6.39. The van der Waals surface area contributed by atoms with Gasteiger partial charge in [0.25, 0.3) is 0 Å². The van der Waals surface area contributed by atoms with Crippen molar-refractivity contribution in [3.63, 3.8) is 0 Å². The number of sulfonamides is 1. The Kier molecular flexibility index (Phi) is 7.91. The van der Waals surface area contributed by atoms with Crippen LogP contribution in [0, 0.1) is 0 Å². The molecule has 0 saturated carbocycles. The monoisotopic (exact) mass is 398 g/mol. The van der Waals surface area contributed by atoms with Gasteiger partial charge in [0.2, 0.25) is 15.9 Å². The minimum atomic E-state index is -3.38. The zero-order valence-corrected chi connectivity index (χ0v) is 17.3. The lowest BCUT2D eigenvalue weighted by Gasteiger charge is -2.28. The molecule has 1 saturated heterocycles. The van der Waals surface area contributed by atoms with Crippen molar-refractivity contribution in [3.8, 4) is 11.5 Å². The first kappa shape index (κ1) is 21.5. The van der Waals surface area contributed by atoms with E-state index in [1.807, 2.05) is 17.0 Å². The van der Waals surface area contributed by atoms with Gasteiger partial charge < -0.3 is 14.4 Å². The van der Waals surface area contributed by atoms with E-state index < -0.39 is 10.0 Å². The van der Waals surface area contributed by atoms with Crippen LogP contribution in [0.1, 0.15) is 31.2 Å². The number of ether oxygens (including phenoxy) is 2. The topological polar surface area (TPSA) is 76.2 Å². The number of benzene rings is 1. The van der Waals surface area contributed by atoms with Crippen LogP contribution in [0.2, 0.25) is 0 Å². The van der Waals surface area contributed by atoms with Crippen molar-refractivity contribution in [2.75, 3.05) is 46.7 Å². The molecule has 0 atom stereocenters. The molecule has 0 unspecified atom stereocenters. The van der Waals surface area contributed by atoms with E-state index >= 15 is 0 Å².